The Bertz CT molecular complexity index is 795. The minimum absolute atomic E-state index is 0.0624. The lowest BCUT2D eigenvalue weighted by atomic mass is 9.88. The predicted molar refractivity (Wildman–Crippen MR) is 117 cm³/mol. The molecule has 1 amide bonds. The van der Waals surface area contributed by atoms with Crippen molar-refractivity contribution in [3.8, 4) is 0 Å². The van der Waals surface area contributed by atoms with Crippen LogP contribution >= 0.6 is 0 Å². The monoisotopic (exact) mass is 392 g/mol. The van der Waals surface area contributed by atoms with Crippen LogP contribution < -0.4 is 4.90 Å². The minimum Gasteiger partial charge on any atom is -0.363 e. The Morgan fingerprint density at radius 1 is 0.966 bits per heavy atom. The van der Waals surface area contributed by atoms with E-state index in [4.69, 9.17) is 4.74 Å². The Morgan fingerprint density at radius 3 is 2.34 bits per heavy atom. The van der Waals surface area contributed by atoms with E-state index in [2.05, 4.69) is 36.1 Å². The second-order valence-electron chi connectivity index (χ2n) is 8.48. The highest BCUT2D eigenvalue weighted by Crippen LogP contribution is 2.33. The highest BCUT2D eigenvalue weighted by Gasteiger charge is 2.42. The van der Waals surface area contributed by atoms with Crippen LogP contribution in [0.1, 0.15) is 43.7 Å². The van der Waals surface area contributed by atoms with E-state index in [-0.39, 0.29) is 18.1 Å². The summed E-state index contributed by atoms with van der Waals surface area (Å²) in [5.41, 5.74) is 3.59. The first-order valence-corrected chi connectivity index (χ1v) is 11.0. The van der Waals surface area contributed by atoms with Crippen molar-refractivity contribution in [2.45, 2.75) is 51.2 Å². The maximum absolute atomic E-state index is 12.4. The van der Waals surface area contributed by atoms with Crippen molar-refractivity contribution in [3.05, 3.63) is 65.7 Å². The lowest BCUT2D eigenvalue weighted by Crippen LogP contribution is -2.58. The van der Waals surface area contributed by atoms with Gasteiger partial charge in [0.05, 0.1) is 12.1 Å². The van der Waals surface area contributed by atoms with Crippen LogP contribution in [0.15, 0.2) is 54.6 Å². The van der Waals surface area contributed by atoms with Crippen LogP contribution in [0, 0.1) is 0 Å². The highest BCUT2D eigenvalue weighted by molar-refractivity contribution is 5.95. The molecule has 0 aromatic heterocycles. The van der Waals surface area contributed by atoms with Gasteiger partial charge in [-0.15, -0.1) is 0 Å². The van der Waals surface area contributed by atoms with Crippen LogP contribution in [0.4, 0.5) is 5.69 Å². The van der Waals surface area contributed by atoms with Crippen molar-refractivity contribution in [2.24, 2.45) is 0 Å². The van der Waals surface area contributed by atoms with E-state index in [0.717, 1.165) is 38.2 Å². The summed E-state index contributed by atoms with van der Waals surface area (Å²) in [4.78, 5) is 16.8. The van der Waals surface area contributed by atoms with Crippen molar-refractivity contribution >= 4 is 11.6 Å². The number of carbonyl (C=O) groups is 1. The number of carbonyl (C=O) groups excluding carboxylic acids is 1. The first-order valence-electron chi connectivity index (χ1n) is 11.0. The Hall–Kier alpha value is -2.17. The van der Waals surface area contributed by atoms with Gasteiger partial charge in [-0.25, -0.2) is 0 Å². The topological polar surface area (TPSA) is 32.8 Å². The number of nitrogens with zero attached hydrogens (tertiary/aromatic N) is 2. The quantitative estimate of drug-likeness (QED) is 0.729. The van der Waals surface area contributed by atoms with Gasteiger partial charge in [-0.05, 0) is 48.9 Å². The van der Waals surface area contributed by atoms with E-state index in [1.165, 1.54) is 30.4 Å². The summed E-state index contributed by atoms with van der Waals surface area (Å²) in [7, 11) is 0. The number of para-hydroxylation sites is 1. The van der Waals surface area contributed by atoms with Gasteiger partial charge in [-0.1, -0.05) is 55.8 Å². The molecular formula is C25H32N2O2. The number of benzene rings is 2. The predicted octanol–water partition coefficient (Wildman–Crippen LogP) is 4.43. The number of hydrogen-bond acceptors (Lipinski definition) is 3. The fourth-order valence-corrected chi connectivity index (χ4v) is 4.43. The number of hydrogen-bond donors (Lipinski definition) is 0. The zero-order valence-corrected chi connectivity index (χ0v) is 17.5. The summed E-state index contributed by atoms with van der Waals surface area (Å²) >= 11 is 0. The van der Waals surface area contributed by atoms with Crippen LogP contribution in [0.2, 0.25) is 0 Å². The van der Waals surface area contributed by atoms with Gasteiger partial charge in [0.2, 0.25) is 0 Å². The summed E-state index contributed by atoms with van der Waals surface area (Å²) in [5.74, 6) is 0.0624. The molecule has 1 spiro atoms. The molecule has 0 atom stereocenters. The van der Waals surface area contributed by atoms with Gasteiger partial charge in [-0.2, -0.15) is 0 Å². The first-order chi connectivity index (χ1) is 14.2. The van der Waals surface area contributed by atoms with Gasteiger partial charge in [0.25, 0.3) is 5.91 Å². The van der Waals surface area contributed by atoms with E-state index >= 15 is 0 Å². The molecule has 2 aliphatic heterocycles. The molecule has 2 saturated heterocycles. The number of likely N-dealkylation sites (tertiary alicyclic amines) is 1. The number of ether oxygens (including phenoxy) is 1. The van der Waals surface area contributed by atoms with E-state index in [0.29, 0.717) is 6.54 Å². The van der Waals surface area contributed by atoms with Crippen molar-refractivity contribution in [3.63, 3.8) is 0 Å². The maximum Gasteiger partial charge on any atom is 0.253 e. The van der Waals surface area contributed by atoms with E-state index in [1.54, 1.807) is 0 Å². The van der Waals surface area contributed by atoms with Gasteiger partial charge in [0, 0.05) is 25.3 Å². The summed E-state index contributed by atoms with van der Waals surface area (Å²) in [6.45, 7) is 6.10. The highest BCUT2D eigenvalue weighted by atomic mass is 16.5. The summed E-state index contributed by atoms with van der Waals surface area (Å²) < 4.78 is 6.10. The fraction of sp³-hybridized carbons (Fsp3) is 0.480. The minimum atomic E-state index is -0.204. The lowest BCUT2D eigenvalue weighted by molar-refractivity contribution is -0.144. The Morgan fingerprint density at radius 2 is 1.66 bits per heavy atom. The van der Waals surface area contributed by atoms with Crippen LogP contribution in [-0.4, -0.2) is 42.6 Å². The maximum atomic E-state index is 12.4. The smallest absolute Gasteiger partial charge is 0.253 e. The van der Waals surface area contributed by atoms with E-state index < -0.39 is 0 Å². The van der Waals surface area contributed by atoms with Gasteiger partial charge in [0.15, 0.2) is 0 Å². The molecule has 0 radical (unpaired) electrons. The molecule has 154 valence electrons. The molecule has 0 saturated carbocycles. The van der Waals surface area contributed by atoms with Crippen molar-refractivity contribution in [1.29, 1.82) is 0 Å². The zero-order chi connectivity index (χ0) is 20.1. The molecular weight excluding hydrogens is 360 g/mol. The summed E-state index contributed by atoms with van der Waals surface area (Å²) in [5, 5.41) is 0. The molecule has 2 aromatic rings. The molecule has 0 unspecified atom stereocenters. The average molecular weight is 393 g/mol. The SMILES string of the molecule is CCCCc1ccc(CN2CCC3(CC2)CN(c2ccccc2)C(=O)CO3)cc1. The normalized spacial score (nSPS) is 19.6. The molecule has 4 heteroatoms. The lowest BCUT2D eigenvalue weighted by Gasteiger charge is -2.47. The number of aryl methyl sites for hydroxylation is 1. The fourth-order valence-electron chi connectivity index (χ4n) is 4.43. The molecule has 0 N–H and O–H groups in total. The van der Waals surface area contributed by atoms with E-state index in [1.807, 2.05) is 35.2 Å². The number of rotatable bonds is 6. The Balaban J connectivity index is 1.33. The average Bonchev–Trinajstić information content (AvgIpc) is 2.77. The molecule has 2 aliphatic rings. The van der Waals surface area contributed by atoms with Crippen LogP contribution in [-0.2, 0) is 22.5 Å². The third kappa shape index (κ3) is 4.88. The first kappa shape index (κ1) is 20.1. The van der Waals surface area contributed by atoms with Gasteiger partial charge in [-0.3, -0.25) is 9.69 Å². The largest absolute Gasteiger partial charge is 0.363 e. The molecule has 2 aromatic carbocycles. The second kappa shape index (κ2) is 9.10. The second-order valence-corrected chi connectivity index (χ2v) is 8.48. The molecule has 4 nitrogen and oxygen atoms in total. The molecule has 4 rings (SSSR count). The van der Waals surface area contributed by atoms with Crippen LogP contribution in [0.25, 0.3) is 0 Å². The van der Waals surface area contributed by atoms with Crippen molar-refractivity contribution in [1.82, 2.24) is 4.90 Å². The molecule has 0 aliphatic carbocycles. The molecule has 0 bridgehead atoms. The third-order valence-corrected chi connectivity index (χ3v) is 6.33. The third-order valence-electron chi connectivity index (χ3n) is 6.33. The van der Waals surface area contributed by atoms with Crippen molar-refractivity contribution < 1.29 is 9.53 Å². The molecule has 2 heterocycles. The van der Waals surface area contributed by atoms with Gasteiger partial charge >= 0.3 is 0 Å². The molecule has 29 heavy (non-hydrogen) atoms. The summed E-state index contributed by atoms with van der Waals surface area (Å²) in [6, 6.07) is 19.1. The van der Waals surface area contributed by atoms with Crippen LogP contribution in [0.5, 0.6) is 0 Å². The van der Waals surface area contributed by atoms with Crippen LogP contribution in [0.3, 0.4) is 0 Å². The number of piperidine rings is 1. The number of anilines is 1. The number of unbranched alkanes of at least 4 members (excludes halogenated alkanes) is 1. The Kier molecular flexibility index (Phi) is 6.31. The van der Waals surface area contributed by atoms with Gasteiger partial charge < -0.3 is 9.64 Å². The number of morpholine rings is 1. The Labute approximate surface area is 174 Å². The standard InChI is InChI=1S/C25H32N2O2/c1-2-3-7-21-10-12-22(13-11-21)18-26-16-14-25(15-17-26)20-27(24(28)19-29-25)23-8-5-4-6-9-23/h4-6,8-13H,2-3,7,14-20H2,1H3. The zero-order valence-electron chi connectivity index (χ0n) is 17.5. The summed E-state index contributed by atoms with van der Waals surface area (Å²) in [6.07, 6.45) is 5.62. The molecule has 2 fully saturated rings. The number of amides is 1. The van der Waals surface area contributed by atoms with E-state index in [9.17, 15) is 4.79 Å². The van der Waals surface area contributed by atoms with Gasteiger partial charge in [0.1, 0.15) is 6.61 Å². The van der Waals surface area contributed by atoms with Crippen molar-refractivity contribution in [2.75, 3.05) is 31.1 Å².